The molecule has 134 valence electrons. The van der Waals surface area contributed by atoms with Crippen LogP contribution in [0.5, 0.6) is 0 Å². The van der Waals surface area contributed by atoms with E-state index in [1.807, 2.05) is 24.3 Å². The standard InChI is InChI=1S/C21H21NO4/c1-13(2)15-7-9-16(10-8-15)22-14(3)19(21(24)25-4)18(20(22)23)12-17-6-5-11-26-17/h5-13H,1-4H3. The van der Waals surface area contributed by atoms with Gasteiger partial charge in [0, 0.05) is 11.4 Å². The Morgan fingerprint density at radius 2 is 1.88 bits per heavy atom. The van der Waals surface area contributed by atoms with E-state index in [0.29, 0.717) is 23.1 Å². The molecule has 2 heterocycles. The summed E-state index contributed by atoms with van der Waals surface area (Å²) in [4.78, 5) is 26.9. The minimum absolute atomic E-state index is 0.252. The minimum Gasteiger partial charge on any atom is -0.465 e. The number of anilines is 1. The van der Waals surface area contributed by atoms with Crippen LogP contribution in [0, 0.1) is 0 Å². The zero-order valence-electron chi connectivity index (χ0n) is 15.3. The first kappa shape index (κ1) is 17.7. The quantitative estimate of drug-likeness (QED) is 0.609. The molecule has 3 rings (SSSR count). The maximum atomic E-state index is 13.1. The van der Waals surface area contributed by atoms with Gasteiger partial charge in [-0.25, -0.2) is 4.79 Å². The lowest BCUT2D eigenvalue weighted by Gasteiger charge is -2.18. The molecule has 0 saturated heterocycles. The van der Waals surface area contributed by atoms with Crippen molar-refractivity contribution in [1.82, 2.24) is 0 Å². The number of nitrogens with zero attached hydrogens (tertiary/aromatic N) is 1. The van der Waals surface area contributed by atoms with E-state index in [0.717, 1.165) is 0 Å². The molecule has 5 heteroatoms. The molecule has 1 aliphatic rings. The summed E-state index contributed by atoms with van der Waals surface area (Å²) in [5.74, 6) is 0.0705. The van der Waals surface area contributed by atoms with Crippen molar-refractivity contribution >= 4 is 23.6 Å². The van der Waals surface area contributed by atoms with Crippen LogP contribution in [0.15, 0.2) is 63.9 Å². The highest BCUT2D eigenvalue weighted by Crippen LogP contribution is 2.35. The average molecular weight is 351 g/mol. The summed E-state index contributed by atoms with van der Waals surface area (Å²) >= 11 is 0. The molecule has 2 aromatic rings. The Morgan fingerprint density at radius 1 is 1.19 bits per heavy atom. The van der Waals surface area contributed by atoms with Gasteiger partial charge in [0.1, 0.15) is 5.76 Å². The number of methoxy groups -OCH3 is 1. The van der Waals surface area contributed by atoms with Crippen molar-refractivity contribution in [2.45, 2.75) is 26.7 Å². The topological polar surface area (TPSA) is 59.8 Å². The first-order valence-electron chi connectivity index (χ1n) is 8.43. The number of benzene rings is 1. The molecular weight excluding hydrogens is 330 g/mol. The van der Waals surface area contributed by atoms with E-state index >= 15 is 0 Å². The monoisotopic (exact) mass is 351 g/mol. The third-order valence-electron chi connectivity index (χ3n) is 4.44. The fraction of sp³-hybridized carbons (Fsp3) is 0.238. The van der Waals surface area contributed by atoms with E-state index in [9.17, 15) is 9.59 Å². The molecule has 0 unspecified atom stereocenters. The lowest BCUT2D eigenvalue weighted by atomic mass is 10.0. The van der Waals surface area contributed by atoms with Gasteiger partial charge in [-0.2, -0.15) is 0 Å². The largest absolute Gasteiger partial charge is 0.465 e. The Bertz CT molecular complexity index is 887. The Kier molecular flexibility index (Phi) is 4.80. The number of carbonyl (C=O) groups excluding carboxylic acids is 2. The molecule has 26 heavy (non-hydrogen) atoms. The average Bonchev–Trinajstić information content (AvgIpc) is 3.22. The van der Waals surface area contributed by atoms with Gasteiger partial charge in [0.25, 0.3) is 5.91 Å². The van der Waals surface area contributed by atoms with Crippen LogP contribution in [0.2, 0.25) is 0 Å². The molecule has 0 saturated carbocycles. The van der Waals surface area contributed by atoms with Gasteiger partial charge < -0.3 is 9.15 Å². The second-order valence-electron chi connectivity index (χ2n) is 6.41. The van der Waals surface area contributed by atoms with Gasteiger partial charge in [0.2, 0.25) is 0 Å². The number of carbonyl (C=O) groups is 2. The summed E-state index contributed by atoms with van der Waals surface area (Å²) in [5, 5.41) is 0. The molecule has 0 radical (unpaired) electrons. The number of hydrogen-bond acceptors (Lipinski definition) is 4. The summed E-state index contributed by atoms with van der Waals surface area (Å²) < 4.78 is 10.2. The molecule has 0 atom stereocenters. The maximum Gasteiger partial charge on any atom is 0.340 e. The number of rotatable bonds is 4. The van der Waals surface area contributed by atoms with Crippen molar-refractivity contribution in [2.24, 2.45) is 0 Å². The molecule has 0 fully saturated rings. The van der Waals surface area contributed by atoms with Gasteiger partial charge in [-0.05, 0) is 48.7 Å². The Morgan fingerprint density at radius 3 is 2.42 bits per heavy atom. The molecule has 1 aromatic carbocycles. The van der Waals surface area contributed by atoms with Crippen LogP contribution in [0.1, 0.15) is 38.0 Å². The zero-order chi connectivity index (χ0) is 18.8. The van der Waals surface area contributed by atoms with Crippen LogP contribution in [-0.2, 0) is 14.3 Å². The Hall–Kier alpha value is -3.08. The van der Waals surface area contributed by atoms with Gasteiger partial charge in [-0.1, -0.05) is 26.0 Å². The molecule has 0 spiro atoms. The molecule has 0 N–H and O–H groups in total. The van der Waals surface area contributed by atoms with Crippen LogP contribution < -0.4 is 4.90 Å². The van der Waals surface area contributed by atoms with Crippen molar-refractivity contribution < 1.29 is 18.7 Å². The number of furan rings is 1. The van der Waals surface area contributed by atoms with Crippen LogP contribution in [0.25, 0.3) is 6.08 Å². The molecule has 1 amide bonds. The van der Waals surface area contributed by atoms with Crippen LogP contribution >= 0.6 is 0 Å². The number of ether oxygens (including phenoxy) is 1. The Labute approximate surface area is 152 Å². The smallest absolute Gasteiger partial charge is 0.340 e. The summed E-state index contributed by atoms with van der Waals surface area (Å²) in [6.45, 7) is 5.96. The van der Waals surface area contributed by atoms with E-state index < -0.39 is 5.97 Å². The molecule has 0 bridgehead atoms. The van der Waals surface area contributed by atoms with E-state index in [2.05, 4.69) is 13.8 Å². The third-order valence-corrected chi connectivity index (χ3v) is 4.44. The SMILES string of the molecule is COC(=O)C1=C(C)N(c2ccc(C(C)C)cc2)C(=O)C1=Cc1ccco1. The van der Waals surface area contributed by atoms with Crippen molar-refractivity contribution in [2.75, 3.05) is 12.0 Å². The fourth-order valence-electron chi connectivity index (χ4n) is 3.01. The number of hydrogen-bond donors (Lipinski definition) is 0. The highest BCUT2D eigenvalue weighted by atomic mass is 16.5. The minimum atomic E-state index is -0.546. The van der Waals surface area contributed by atoms with Gasteiger partial charge in [-0.3, -0.25) is 9.69 Å². The highest BCUT2D eigenvalue weighted by molar-refractivity contribution is 6.23. The van der Waals surface area contributed by atoms with Crippen LogP contribution in [-0.4, -0.2) is 19.0 Å². The summed E-state index contributed by atoms with van der Waals surface area (Å²) in [6.07, 6.45) is 3.09. The lowest BCUT2D eigenvalue weighted by molar-refractivity contribution is -0.136. The lowest BCUT2D eigenvalue weighted by Crippen LogP contribution is -2.24. The van der Waals surface area contributed by atoms with Crippen molar-refractivity contribution in [3.8, 4) is 0 Å². The molecule has 1 aromatic heterocycles. The second-order valence-corrected chi connectivity index (χ2v) is 6.41. The van der Waals surface area contributed by atoms with Crippen LogP contribution in [0.4, 0.5) is 5.69 Å². The van der Waals surface area contributed by atoms with Gasteiger partial charge in [0.05, 0.1) is 24.5 Å². The van der Waals surface area contributed by atoms with E-state index in [4.69, 9.17) is 9.15 Å². The number of amides is 1. The van der Waals surface area contributed by atoms with E-state index in [1.165, 1.54) is 23.8 Å². The summed E-state index contributed by atoms with van der Waals surface area (Å²) in [6, 6.07) is 11.2. The van der Waals surface area contributed by atoms with Gasteiger partial charge in [-0.15, -0.1) is 0 Å². The van der Waals surface area contributed by atoms with Gasteiger partial charge in [0.15, 0.2) is 0 Å². The number of allylic oxidation sites excluding steroid dienone is 1. The second kappa shape index (κ2) is 7.04. The van der Waals surface area contributed by atoms with Crippen molar-refractivity contribution in [3.63, 3.8) is 0 Å². The van der Waals surface area contributed by atoms with Gasteiger partial charge >= 0.3 is 5.97 Å². The highest BCUT2D eigenvalue weighted by Gasteiger charge is 2.38. The molecular formula is C21H21NO4. The van der Waals surface area contributed by atoms with Crippen LogP contribution in [0.3, 0.4) is 0 Å². The first-order valence-corrected chi connectivity index (χ1v) is 8.43. The normalized spacial score (nSPS) is 16.1. The number of esters is 1. The zero-order valence-corrected chi connectivity index (χ0v) is 15.3. The molecule has 5 nitrogen and oxygen atoms in total. The van der Waals surface area contributed by atoms with E-state index in [-0.39, 0.29) is 17.1 Å². The summed E-state index contributed by atoms with van der Waals surface area (Å²) in [5.41, 5.74) is 2.94. The van der Waals surface area contributed by atoms with E-state index in [1.54, 1.807) is 25.1 Å². The third kappa shape index (κ3) is 3.08. The predicted molar refractivity (Wildman–Crippen MR) is 99.4 cm³/mol. The maximum absolute atomic E-state index is 13.1. The van der Waals surface area contributed by atoms with Crippen molar-refractivity contribution in [3.05, 3.63) is 70.8 Å². The summed E-state index contributed by atoms with van der Waals surface area (Å²) in [7, 11) is 1.30. The first-order chi connectivity index (χ1) is 12.4. The predicted octanol–water partition coefficient (Wildman–Crippen LogP) is 4.28. The molecule has 0 aliphatic carbocycles. The molecule has 1 aliphatic heterocycles. The Balaban J connectivity index is 2.08. The fourth-order valence-corrected chi connectivity index (χ4v) is 3.01. The van der Waals surface area contributed by atoms with Crippen molar-refractivity contribution in [1.29, 1.82) is 0 Å².